The van der Waals surface area contributed by atoms with Crippen molar-refractivity contribution in [1.29, 1.82) is 0 Å². The van der Waals surface area contributed by atoms with Crippen molar-refractivity contribution in [2.24, 2.45) is 11.7 Å². The maximum atomic E-state index is 9.39. The van der Waals surface area contributed by atoms with E-state index in [0.717, 1.165) is 24.2 Å². The van der Waals surface area contributed by atoms with E-state index in [-0.39, 0.29) is 18.8 Å². The highest BCUT2D eigenvalue weighted by atomic mass is 16.5. The summed E-state index contributed by atoms with van der Waals surface area (Å²) in [7, 11) is 0. The second-order valence-electron chi connectivity index (χ2n) is 4.95. The molecule has 17 heavy (non-hydrogen) atoms. The maximum Gasteiger partial charge on any atom is 0.137 e. The first-order chi connectivity index (χ1) is 8.13. The monoisotopic (exact) mass is 235 g/mol. The molecule has 0 heterocycles. The molecule has 0 spiro atoms. The van der Waals surface area contributed by atoms with Gasteiger partial charge in [-0.2, -0.15) is 0 Å². The fourth-order valence-electron chi connectivity index (χ4n) is 2.04. The summed E-state index contributed by atoms with van der Waals surface area (Å²) in [5.74, 6) is 1.36. The van der Waals surface area contributed by atoms with Gasteiger partial charge in [0.05, 0.1) is 6.61 Å². The molecule has 1 fully saturated rings. The molecule has 2 rings (SSSR count). The average molecular weight is 235 g/mol. The van der Waals surface area contributed by atoms with Crippen molar-refractivity contribution in [3.05, 3.63) is 29.3 Å². The van der Waals surface area contributed by atoms with E-state index >= 15 is 0 Å². The lowest BCUT2D eigenvalue weighted by Gasteiger charge is -2.24. The number of aryl methyl sites for hydroxylation is 1. The molecule has 0 bridgehead atoms. The Balaban J connectivity index is 2.09. The summed E-state index contributed by atoms with van der Waals surface area (Å²) in [6.45, 7) is 4.06. The third-order valence-electron chi connectivity index (χ3n) is 3.61. The van der Waals surface area contributed by atoms with Gasteiger partial charge in [-0.05, 0) is 49.8 Å². The lowest BCUT2D eigenvalue weighted by molar-refractivity contribution is 0.0876. The number of benzene rings is 1. The summed E-state index contributed by atoms with van der Waals surface area (Å²) >= 11 is 0. The Morgan fingerprint density at radius 3 is 2.71 bits per heavy atom. The molecule has 1 saturated carbocycles. The summed E-state index contributed by atoms with van der Waals surface area (Å²) in [5.41, 5.74) is 8.40. The molecule has 2 unspecified atom stereocenters. The van der Waals surface area contributed by atoms with E-state index in [9.17, 15) is 5.11 Å². The number of ether oxygens (including phenoxy) is 1. The number of hydrogen-bond acceptors (Lipinski definition) is 3. The van der Waals surface area contributed by atoms with Crippen LogP contribution in [0.5, 0.6) is 5.75 Å². The van der Waals surface area contributed by atoms with Crippen LogP contribution < -0.4 is 10.5 Å². The molecule has 3 N–H and O–H groups in total. The Bertz CT molecular complexity index is 388. The van der Waals surface area contributed by atoms with E-state index in [4.69, 9.17) is 10.5 Å². The Kier molecular flexibility index (Phi) is 3.69. The molecule has 1 aromatic carbocycles. The highest BCUT2D eigenvalue weighted by Crippen LogP contribution is 2.34. The Morgan fingerprint density at radius 2 is 2.12 bits per heavy atom. The molecule has 1 aliphatic rings. The third-order valence-corrected chi connectivity index (χ3v) is 3.61. The maximum absolute atomic E-state index is 9.39. The molecule has 0 saturated heterocycles. The standard InChI is InChI=1S/C14H21NO2/c1-9-4-3-5-12(10(9)2)17-13(8-16)14(15)11-6-7-11/h3-5,11,13-14,16H,6-8,15H2,1-2H3. The van der Waals surface area contributed by atoms with Crippen LogP contribution in [0.2, 0.25) is 0 Å². The number of aliphatic hydroxyl groups excluding tert-OH is 1. The molecule has 2 atom stereocenters. The summed E-state index contributed by atoms with van der Waals surface area (Å²) < 4.78 is 5.86. The van der Waals surface area contributed by atoms with Gasteiger partial charge in [0.15, 0.2) is 0 Å². The number of rotatable bonds is 5. The highest BCUT2D eigenvalue weighted by molar-refractivity contribution is 5.38. The molecule has 0 amide bonds. The van der Waals surface area contributed by atoms with E-state index in [0.29, 0.717) is 5.92 Å². The molecule has 3 heteroatoms. The Hall–Kier alpha value is -1.06. The topological polar surface area (TPSA) is 55.5 Å². The van der Waals surface area contributed by atoms with Crippen molar-refractivity contribution in [2.75, 3.05) is 6.61 Å². The second kappa shape index (κ2) is 5.07. The Labute approximate surface area is 103 Å². The zero-order valence-corrected chi connectivity index (χ0v) is 10.5. The summed E-state index contributed by atoms with van der Waals surface area (Å²) in [6.07, 6.45) is 2.03. The molecule has 3 nitrogen and oxygen atoms in total. The minimum absolute atomic E-state index is 0.0228. The first-order valence-corrected chi connectivity index (χ1v) is 6.22. The zero-order valence-electron chi connectivity index (χ0n) is 10.5. The largest absolute Gasteiger partial charge is 0.486 e. The summed E-state index contributed by atoms with van der Waals surface area (Å²) in [4.78, 5) is 0. The molecule has 0 aliphatic heterocycles. The van der Waals surface area contributed by atoms with Crippen LogP contribution in [-0.2, 0) is 0 Å². The van der Waals surface area contributed by atoms with Gasteiger partial charge in [0, 0.05) is 6.04 Å². The normalized spacial score (nSPS) is 18.8. The van der Waals surface area contributed by atoms with Crippen molar-refractivity contribution in [2.45, 2.75) is 38.8 Å². The number of hydrogen-bond donors (Lipinski definition) is 2. The molecule has 0 radical (unpaired) electrons. The van der Waals surface area contributed by atoms with Gasteiger partial charge in [0.2, 0.25) is 0 Å². The number of aliphatic hydroxyl groups is 1. The van der Waals surface area contributed by atoms with Crippen LogP contribution in [0.15, 0.2) is 18.2 Å². The van der Waals surface area contributed by atoms with Gasteiger partial charge in [0.25, 0.3) is 0 Å². The minimum atomic E-state index is -0.289. The Morgan fingerprint density at radius 1 is 1.41 bits per heavy atom. The van der Waals surface area contributed by atoms with Gasteiger partial charge in [0.1, 0.15) is 11.9 Å². The molecular formula is C14H21NO2. The van der Waals surface area contributed by atoms with Crippen molar-refractivity contribution >= 4 is 0 Å². The fourth-order valence-corrected chi connectivity index (χ4v) is 2.04. The van der Waals surface area contributed by atoms with Gasteiger partial charge in [-0.3, -0.25) is 0 Å². The van der Waals surface area contributed by atoms with Crippen LogP contribution in [0.1, 0.15) is 24.0 Å². The van der Waals surface area contributed by atoms with Crippen molar-refractivity contribution in [1.82, 2.24) is 0 Å². The van der Waals surface area contributed by atoms with E-state index < -0.39 is 0 Å². The molecular weight excluding hydrogens is 214 g/mol. The molecule has 0 aromatic heterocycles. The first-order valence-electron chi connectivity index (χ1n) is 6.22. The lowest BCUT2D eigenvalue weighted by Crippen LogP contribution is -2.43. The van der Waals surface area contributed by atoms with E-state index in [1.165, 1.54) is 5.56 Å². The van der Waals surface area contributed by atoms with Crippen LogP contribution in [0, 0.1) is 19.8 Å². The predicted molar refractivity (Wildman–Crippen MR) is 68.1 cm³/mol. The SMILES string of the molecule is Cc1cccc(OC(CO)C(N)C2CC2)c1C. The average Bonchev–Trinajstić information content (AvgIpc) is 3.14. The van der Waals surface area contributed by atoms with Gasteiger partial charge >= 0.3 is 0 Å². The van der Waals surface area contributed by atoms with Gasteiger partial charge in [-0.25, -0.2) is 0 Å². The number of nitrogens with two attached hydrogens (primary N) is 1. The zero-order chi connectivity index (χ0) is 12.4. The minimum Gasteiger partial charge on any atom is -0.486 e. The van der Waals surface area contributed by atoms with Gasteiger partial charge < -0.3 is 15.6 Å². The smallest absolute Gasteiger partial charge is 0.137 e. The van der Waals surface area contributed by atoms with E-state index in [2.05, 4.69) is 13.0 Å². The van der Waals surface area contributed by atoms with Gasteiger partial charge in [-0.1, -0.05) is 12.1 Å². The molecule has 1 aromatic rings. The first kappa shape index (κ1) is 12.4. The molecule has 1 aliphatic carbocycles. The van der Waals surface area contributed by atoms with Crippen LogP contribution in [0.3, 0.4) is 0 Å². The third kappa shape index (κ3) is 2.79. The fraction of sp³-hybridized carbons (Fsp3) is 0.571. The van der Waals surface area contributed by atoms with Crippen molar-refractivity contribution < 1.29 is 9.84 Å². The summed E-state index contributed by atoms with van der Waals surface area (Å²) in [6, 6.07) is 5.90. The van der Waals surface area contributed by atoms with E-state index in [1.54, 1.807) is 0 Å². The van der Waals surface area contributed by atoms with Gasteiger partial charge in [-0.15, -0.1) is 0 Å². The van der Waals surface area contributed by atoms with E-state index in [1.807, 2.05) is 19.1 Å². The van der Waals surface area contributed by atoms with Crippen LogP contribution in [-0.4, -0.2) is 23.9 Å². The van der Waals surface area contributed by atoms with Crippen molar-refractivity contribution in [3.63, 3.8) is 0 Å². The lowest BCUT2D eigenvalue weighted by atomic mass is 10.1. The van der Waals surface area contributed by atoms with Crippen molar-refractivity contribution in [3.8, 4) is 5.75 Å². The predicted octanol–water partition coefficient (Wildman–Crippen LogP) is 1.78. The van der Waals surface area contributed by atoms with Crippen LogP contribution in [0.25, 0.3) is 0 Å². The summed E-state index contributed by atoms with van der Waals surface area (Å²) in [5, 5.41) is 9.39. The quantitative estimate of drug-likeness (QED) is 0.818. The van der Waals surface area contributed by atoms with Crippen LogP contribution >= 0.6 is 0 Å². The molecule has 94 valence electrons. The highest BCUT2D eigenvalue weighted by Gasteiger charge is 2.35. The second-order valence-corrected chi connectivity index (χ2v) is 4.95. The van der Waals surface area contributed by atoms with Crippen LogP contribution in [0.4, 0.5) is 0 Å².